The molecule has 2 aromatic carbocycles. The van der Waals surface area contributed by atoms with E-state index in [-0.39, 0.29) is 17.6 Å². The maximum atomic E-state index is 12.1. The summed E-state index contributed by atoms with van der Waals surface area (Å²) in [5, 5.41) is 5.57. The van der Waals surface area contributed by atoms with Gasteiger partial charge in [-0.25, -0.2) is 0 Å². The second-order valence-electron chi connectivity index (χ2n) is 5.66. The van der Waals surface area contributed by atoms with Gasteiger partial charge in [0.05, 0.1) is 12.0 Å². The van der Waals surface area contributed by atoms with Crippen LogP contribution in [0.25, 0.3) is 0 Å². The highest BCUT2D eigenvalue weighted by Crippen LogP contribution is 2.19. The van der Waals surface area contributed by atoms with Gasteiger partial charge in [-0.3, -0.25) is 9.59 Å². The first kappa shape index (κ1) is 17.8. The summed E-state index contributed by atoms with van der Waals surface area (Å²) in [5.41, 5.74) is 2.49. The van der Waals surface area contributed by atoms with Gasteiger partial charge >= 0.3 is 0 Å². The number of rotatable bonds is 6. The van der Waals surface area contributed by atoms with E-state index in [0.29, 0.717) is 17.1 Å². The number of thioether (sulfide) groups is 1. The van der Waals surface area contributed by atoms with E-state index in [0.717, 1.165) is 4.90 Å². The van der Waals surface area contributed by atoms with E-state index in [1.165, 1.54) is 23.6 Å². The summed E-state index contributed by atoms with van der Waals surface area (Å²) in [6.45, 7) is 2.03. The highest BCUT2D eigenvalue weighted by atomic mass is 32.2. The number of carbonyl (C=O) groups excluding carboxylic acids is 2. The highest BCUT2D eigenvalue weighted by Gasteiger charge is 2.09. The molecule has 0 aliphatic carbocycles. The summed E-state index contributed by atoms with van der Waals surface area (Å²) in [5.74, 6) is 0.180. The van der Waals surface area contributed by atoms with Gasteiger partial charge in [0.1, 0.15) is 0 Å². The van der Waals surface area contributed by atoms with Gasteiger partial charge in [-0.1, -0.05) is 17.7 Å². The summed E-state index contributed by atoms with van der Waals surface area (Å²) >= 11 is 1.49. The Kier molecular flexibility index (Phi) is 5.76. The molecule has 3 aromatic rings. The zero-order valence-electron chi connectivity index (χ0n) is 14.2. The van der Waals surface area contributed by atoms with Crippen LogP contribution in [0.5, 0.6) is 0 Å². The predicted molar refractivity (Wildman–Crippen MR) is 104 cm³/mol. The normalized spacial score (nSPS) is 10.3. The van der Waals surface area contributed by atoms with Crippen LogP contribution in [-0.2, 0) is 4.79 Å². The van der Waals surface area contributed by atoms with Crippen LogP contribution >= 0.6 is 11.8 Å². The number of amides is 2. The highest BCUT2D eigenvalue weighted by molar-refractivity contribution is 8.00. The van der Waals surface area contributed by atoms with Gasteiger partial charge in [0.2, 0.25) is 5.91 Å². The Bertz CT molecular complexity index is 872. The molecule has 132 valence electrons. The molecule has 0 radical (unpaired) electrons. The Balaban J connectivity index is 1.49. The summed E-state index contributed by atoms with van der Waals surface area (Å²) in [6.07, 6.45) is 1.45. The Hall–Kier alpha value is -2.99. The van der Waals surface area contributed by atoms with Gasteiger partial charge in [-0.15, -0.1) is 11.8 Å². The molecule has 26 heavy (non-hydrogen) atoms. The third-order valence-corrected chi connectivity index (χ3v) is 4.57. The molecule has 0 aliphatic heterocycles. The molecule has 0 unspecified atom stereocenters. The van der Waals surface area contributed by atoms with Crippen LogP contribution in [0.15, 0.2) is 76.2 Å². The van der Waals surface area contributed by atoms with Crippen LogP contribution < -0.4 is 10.6 Å². The van der Waals surface area contributed by atoms with Crippen LogP contribution in [0, 0.1) is 6.92 Å². The molecule has 0 atom stereocenters. The van der Waals surface area contributed by atoms with Crippen molar-refractivity contribution in [3.05, 3.63) is 78.3 Å². The van der Waals surface area contributed by atoms with Crippen molar-refractivity contribution in [2.75, 3.05) is 16.4 Å². The van der Waals surface area contributed by atoms with E-state index in [1.54, 1.807) is 36.4 Å². The van der Waals surface area contributed by atoms with Crippen LogP contribution in [-0.4, -0.2) is 17.6 Å². The van der Waals surface area contributed by atoms with Gasteiger partial charge in [-0.05, 0) is 55.5 Å². The molecule has 0 spiro atoms. The smallest absolute Gasteiger partial charge is 0.291 e. The molecule has 2 amide bonds. The van der Waals surface area contributed by atoms with E-state index in [9.17, 15) is 9.59 Å². The van der Waals surface area contributed by atoms with Crippen molar-refractivity contribution in [3.8, 4) is 0 Å². The monoisotopic (exact) mass is 366 g/mol. The Morgan fingerprint density at radius 1 is 0.923 bits per heavy atom. The van der Waals surface area contributed by atoms with E-state index in [1.807, 2.05) is 31.2 Å². The van der Waals surface area contributed by atoms with E-state index < -0.39 is 0 Å². The third kappa shape index (κ3) is 5.00. The number of aryl methyl sites for hydroxylation is 1. The van der Waals surface area contributed by atoms with Gasteiger partial charge < -0.3 is 15.1 Å². The topological polar surface area (TPSA) is 71.3 Å². The minimum Gasteiger partial charge on any atom is -0.459 e. The lowest BCUT2D eigenvalue weighted by molar-refractivity contribution is -0.113. The average Bonchev–Trinajstić information content (AvgIpc) is 3.18. The van der Waals surface area contributed by atoms with Crippen molar-refractivity contribution in [1.29, 1.82) is 0 Å². The first-order valence-electron chi connectivity index (χ1n) is 8.04. The summed E-state index contributed by atoms with van der Waals surface area (Å²) in [4.78, 5) is 25.0. The second kappa shape index (κ2) is 8.40. The van der Waals surface area contributed by atoms with Crippen LogP contribution in [0.3, 0.4) is 0 Å². The lowest BCUT2D eigenvalue weighted by Crippen LogP contribution is -2.14. The molecule has 5 nitrogen and oxygen atoms in total. The van der Waals surface area contributed by atoms with Crippen LogP contribution in [0.2, 0.25) is 0 Å². The predicted octanol–water partition coefficient (Wildman–Crippen LogP) is 4.57. The largest absolute Gasteiger partial charge is 0.459 e. The maximum Gasteiger partial charge on any atom is 0.291 e. The minimum atomic E-state index is -0.318. The summed E-state index contributed by atoms with van der Waals surface area (Å²) in [7, 11) is 0. The van der Waals surface area contributed by atoms with Crippen molar-refractivity contribution >= 4 is 35.0 Å². The molecule has 0 bridgehead atoms. The van der Waals surface area contributed by atoms with Crippen molar-refractivity contribution in [2.45, 2.75) is 11.8 Å². The van der Waals surface area contributed by atoms with Crippen molar-refractivity contribution in [1.82, 2.24) is 0 Å². The SMILES string of the molecule is Cc1ccc(SCC(=O)Nc2ccc(NC(=O)c3ccco3)cc2)cc1. The molecule has 1 heterocycles. The standard InChI is InChI=1S/C20H18N2O3S/c1-14-4-10-17(11-5-14)26-13-19(23)21-15-6-8-16(9-7-15)22-20(24)18-3-2-12-25-18/h2-12H,13H2,1H3,(H,21,23)(H,22,24). The Labute approximate surface area is 155 Å². The molecule has 1 aromatic heterocycles. The van der Waals surface area contributed by atoms with E-state index in [4.69, 9.17) is 4.42 Å². The molecule has 0 aliphatic rings. The lowest BCUT2D eigenvalue weighted by atomic mass is 10.2. The molecule has 0 fully saturated rings. The fourth-order valence-electron chi connectivity index (χ4n) is 2.22. The Morgan fingerprint density at radius 2 is 1.58 bits per heavy atom. The quantitative estimate of drug-likeness (QED) is 0.627. The Morgan fingerprint density at radius 3 is 2.19 bits per heavy atom. The van der Waals surface area contributed by atoms with Crippen molar-refractivity contribution in [2.24, 2.45) is 0 Å². The van der Waals surface area contributed by atoms with Crippen molar-refractivity contribution < 1.29 is 14.0 Å². The number of hydrogen-bond donors (Lipinski definition) is 2. The number of benzene rings is 2. The van der Waals surface area contributed by atoms with Crippen LogP contribution in [0.4, 0.5) is 11.4 Å². The first-order chi connectivity index (χ1) is 12.6. The number of nitrogens with one attached hydrogen (secondary N) is 2. The number of hydrogen-bond acceptors (Lipinski definition) is 4. The zero-order valence-corrected chi connectivity index (χ0v) is 15.0. The molecular formula is C20H18N2O3S. The number of carbonyl (C=O) groups is 2. The third-order valence-electron chi connectivity index (χ3n) is 3.56. The molecule has 2 N–H and O–H groups in total. The van der Waals surface area contributed by atoms with E-state index >= 15 is 0 Å². The molecular weight excluding hydrogens is 348 g/mol. The van der Waals surface area contributed by atoms with Crippen LogP contribution in [0.1, 0.15) is 16.1 Å². The summed E-state index contributed by atoms with van der Waals surface area (Å²) < 4.78 is 5.04. The van der Waals surface area contributed by atoms with Gasteiger partial charge in [0.15, 0.2) is 5.76 Å². The number of anilines is 2. The van der Waals surface area contributed by atoms with Gasteiger partial charge in [-0.2, -0.15) is 0 Å². The summed E-state index contributed by atoms with van der Waals surface area (Å²) in [6, 6.07) is 18.2. The van der Waals surface area contributed by atoms with Gasteiger partial charge in [0.25, 0.3) is 5.91 Å². The second-order valence-corrected chi connectivity index (χ2v) is 6.71. The number of furan rings is 1. The molecule has 0 saturated heterocycles. The maximum absolute atomic E-state index is 12.1. The van der Waals surface area contributed by atoms with Crippen molar-refractivity contribution in [3.63, 3.8) is 0 Å². The zero-order chi connectivity index (χ0) is 18.4. The fraction of sp³-hybridized carbons (Fsp3) is 0.100. The average molecular weight is 366 g/mol. The lowest BCUT2D eigenvalue weighted by Gasteiger charge is -2.07. The first-order valence-corrected chi connectivity index (χ1v) is 9.03. The van der Waals surface area contributed by atoms with E-state index in [2.05, 4.69) is 10.6 Å². The fourth-order valence-corrected chi connectivity index (χ4v) is 2.92. The molecule has 3 rings (SSSR count). The minimum absolute atomic E-state index is 0.0806. The van der Waals surface area contributed by atoms with Gasteiger partial charge in [0, 0.05) is 16.3 Å². The molecule has 0 saturated carbocycles. The molecule has 6 heteroatoms.